The van der Waals surface area contributed by atoms with E-state index in [-0.39, 0.29) is 0 Å². The average Bonchev–Trinajstić information content (AvgIpc) is 2.66. The van der Waals surface area contributed by atoms with Gasteiger partial charge in [-0.25, -0.2) is 0 Å². The third-order valence-electron chi connectivity index (χ3n) is 3.95. The Hall–Kier alpha value is -2.66. The minimum Gasteiger partial charge on any atom is -0.483 e. The Bertz CT molecular complexity index is 834. The average molecular weight is 365 g/mol. The molecule has 0 bridgehead atoms. The number of hydrogen-bond acceptors (Lipinski definition) is 4. The molecule has 0 atom stereocenters. The van der Waals surface area contributed by atoms with Crippen LogP contribution in [-0.4, -0.2) is 18.3 Å². The van der Waals surface area contributed by atoms with Crippen LogP contribution >= 0.6 is 0 Å². The maximum absolute atomic E-state index is 6.04. The van der Waals surface area contributed by atoms with E-state index in [1.54, 1.807) is 0 Å². The predicted molar refractivity (Wildman–Crippen MR) is 107 cm³/mol. The van der Waals surface area contributed by atoms with Crippen LogP contribution in [-0.2, 0) is 13.2 Å². The summed E-state index contributed by atoms with van der Waals surface area (Å²) in [4.78, 5) is 0. The van der Waals surface area contributed by atoms with Gasteiger partial charge in [0.15, 0.2) is 5.75 Å². The summed E-state index contributed by atoms with van der Waals surface area (Å²) < 4.78 is 11.9. The second kappa shape index (κ2) is 8.14. The van der Waals surface area contributed by atoms with Gasteiger partial charge in [-0.05, 0) is 11.1 Å². The molecule has 1 heterocycles. The number of aromatic nitrogens is 2. The summed E-state index contributed by atoms with van der Waals surface area (Å²) in [5.41, 5.74) is 2.19. The molecule has 26 heavy (non-hydrogen) atoms. The first-order valence-corrected chi connectivity index (χ1v) is 12.2. The van der Waals surface area contributed by atoms with Crippen molar-refractivity contribution >= 4 is 13.4 Å². The predicted octanol–water partition coefficient (Wildman–Crippen LogP) is 4.18. The fourth-order valence-electron chi connectivity index (χ4n) is 2.39. The maximum Gasteiger partial charge on any atom is 0.276 e. The molecular weight excluding hydrogens is 340 g/mol. The van der Waals surface area contributed by atoms with Crippen LogP contribution in [0.4, 0.5) is 0 Å². The lowest BCUT2D eigenvalue weighted by Gasteiger charge is -2.17. The zero-order valence-corrected chi connectivity index (χ0v) is 16.5. The molecule has 0 spiro atoms. The van der Waals surface area contributed by atoms with Gasteiger partial charge in [-0.2, -0.15) is 5.10 Å². The summed E-state index contributed by atoms with van der Waals surface area (Å²) in [6, 6.07) is 22.1. The molecule has 0 saturated heterocycles. The van der Waals surface area contributed by atoms with Gasteiger partial charge in [-0.1, -0.05) is 80.3 Å². The van der Waals surface area contributed by atoms with E-state index >= 15 is 0 Å². The van der Waals surface area contributed by atoms with Crippen LogP contribution in [0.3, 0.4) is 0 Å². The minimum absolute atomic E-state index is 0.434. The third-order valence-corrected chi connectivity index (χ3v) is 5.73. The van der Waals surface area contributed by atoms with E-state index in [9.17, 15) is 0 Å². The fourth-order valence-corrected chi connectivity index (χ4v) is 3.31. The normalized spacial score (nSPS) is 11.2. The van der Waals surface area contributed by atoms with Gasteiger partial charge in [0.1, 0.15) is 21.3 Å². The molecule has 4 nitrogen and oxygen atoms in total. The zero-order valence-electron chi connectivity index (χ0n) is 15.5. The molecule has 0 saturated carbocycles. The Morgan fingerprint density at radius 1 is 0.731 bits per heavy atom. The van der Waals surface area contributed by atoms with Gasteiger partial charge in [0.2, 0.25) is 0 Å². The zero-order chi connectivity index (χ0) is 18.4. The molecule has 0 N–H and O–H groups in total. The van der Waals surface area contributed by atoms with Crippen molar-refractivity contribution in [2.45, 2.75) is 32.9 Å². The van der Waals surface area contributed by atoms with Crippen LogP contribution in [0.1, 0.15) is 11.1 Å². The van der Waals surface area contributed by atoms with E-state index in [1.165, 1.54) is 0 Å². The number of ether oxygens (including phenoxy) is 2. The van der Waals surface area contributed by atoms with Crippen LogP contribution < -0.4 is 14.8 Å². The smallest absolute Gasteiger partial charge is 0.276 e. The van der Waals surface area contributed by atoms with Crippen LogP contribution in [0, 0.1) is 0 Å². The number of benzene rings is 2. The monoisotopic (exact) mass is 364 g/mol. The topological polar surface area (TPSA) is 44.2 Å². The molecular formula is C21H24N2O2Si. The molecule has 3 rings (SSSR count). The van der Waals surface area contributed by atoms with E-state index in [0.717, 1.165) is 16.4 Å². The minimum atomic E-state index is -1.59. The molecule has 0 amide bonds. The lowest BCUT2D eigenvalue weighted by molar-refractivity contribution is 0.244. The van der Waals surface area contributed by atoms with Crippen LogP contribution in [0.2, 0.25) is 19.6 Å². The standard InChI is InChI=1S/C21H24N2O2Si/c1-26(2,3)20-14-19(24-15-17-10-6-4-7-11-17)21(23-22-20)25-16-18-12-8-5-9-13-18/h4-14H,15-16H2,1-3H3. The van der Waals surface area contributed by atoms with Crippen molar-refractivity contribution in [3.05, 3.63) is 77.9 Å². The fraction of sp³-hybridized carbons (Fsp3) is 0.238. The third kappa shape index (κ3) is 4.92. The van der Waals surface area contributed by atoms with Crippen molar-refractivity contribution in [3.8, 4) is 11.6 Å². The molecule has 5 heteroatoms. The highest BCUT2D eigenvalue weighted by atomic mass is 28.3. The summed E-state index contributed by atoms with van der Waals surface area (Å²) >= 11 is 0. The first-order chi connectivity index (χ1) is 12.5. The molecule has 0 aliphatic carbocycles. The maximum atomic E-state index is 6.04. The molecule has 134 valence electrons. The number of rotatable bonds is 7. The lowest BCUT2D eigenvalue weighted by Crippen LogP contribution is -2.40. The second-order valence-corrected chi connectivity index (χ2v) is 12.2. The molecule has 2 aromatic carbocycles. The van der Waals surface area contributed by atoms with Gasteiger partial charge >= 0.3 is 0 Å². The van der Waals surface area contributed by atoms with Crippen molar-refractivity contribution < 1.29 is 9.47 Å². The van der Waals surface area contributed by atoms with Crippen LogP contribution in [0.5, 0.6) is 11.6 Å². The van der Waals surface area contributed by atoms with E-state index in [1.807, 2.05) is 66.7 Å². The first kappa shape index (κ1) is 18.1. The van der Waals surface area contributed by atoms with E-state index in [2.05, 4.69) is 29.8 Å². The molecule has 0 aliphatic heterocycles. The van der Waals surface area contributed by atoms with Gasteiger partial charge in [-0.3, -0.25) is 0 Å². The highest BCUT2D eigenvalue weighted by molar-refractivity contribution is 6.88. The second-order valence-electron chi connectivity index (χ2n) is 7.20. The van der Waals surface area contributed by atoms with Crippen LogP contribution in [0.25, 0.3) is 0 Å². The Morgan fingerprint density at radius 3 is 1.81 bits per heavy atom. The number of nitrogens with zero attached hydrogens (tertiary/aromatic N) is 2. The molecule has 0 radical (unpaired) electrons. The summed E-state index contributed by atoms with van der Waals surface area (Å²) in [5.74, 6) is 1.09. The lowest BCUT2D eigenvalue weighted by atomic mass is 10.2. The van der Waals surface area contributed by atoms with Gasteiger partial charge in [-0.15, -0.1) is 5.10 Å². The van der Waals surface area contributed by atoms with Gasteiger partial charge in [0.05, 0.1) is 0 Å². The molecule has 0 fully saturated rings. The molecule has 0 aliphatic rings. The van der Waals surface area contributed by atoms with E-state index in [4.69, 9.17) is 9.47 Å². The summed E-state index contributed by atoms with van der Waals surface area (Å²) in [5, 5.41) is 9.70. The van der Waals surface area contributed by atoms with Crippen molar-refractivity contribution in [2.75, 3.05) is 0 Å². The summed E-state index contributed by atoms with van der Waals surface area (Å²) in [7, 11) is -1.59. The highest BCUT2D eigenvalue weighted by Gasteiger charge is 2.22. The summed E-state index contributed by atoms with van der Waals surface area (Å²) in [6.07, 6.45) is 0. The Labute approximate surface area is 155 Å². The highest BCUT2D eigenvalue weighted by Crippen LogP contribution is 2.25. The van der Waals surface area contributed by atoms with Gasteiger partial charge < -0.3 is 9.47 Å². The molecule has 1 aromatic heterocycles. The van der Waals surface area contributed by atoms with Crippen molar-refractivity contribution in [1.82, 2.24) is 10.2 Å². The molecule has 0 unspecified atom stereocenters. The Balaban J connectivity index is 1.80. The quantitative estimate of drug-likeness (QED) is 0.590. The van der Waals surface area contributed by atoms with E-state index in [0.29, 0.717) is 24.8 Å². The van der Waals surface area contributed by atoms with Crippen molar-refractivity contribution in [2.24, 2.45) is 0 Å². The van der Waals surface area contributed by atoms with Crippen molar-refractivity contribution in [1.29, 1.82) is 0 Å². The first-order valence-electron chi connectivity index (χ1n) is 8.74. The SMILES string of the molecule is C[Si](C)(C)c1cc(OCc2ccccc2)c(OCc2ccccc2)nn1. The largest absolute Gasteiger partial charge is 0.483 e. The molecule has 3 aromatic rings. The van der Waals surface area contributed by atoms with Gasteiger partial charge in [0.25, 0.3) is 5.88 Å². The van der Waals surface area contributed by atoms with Crippen molar-refractivity contribution in [3.63, 3.8) is 0 Å². The Kier molecular flexibility index (Phi) is 5.68. The van der Waals surface area contributed by atoms with Gasteiger partial charge in [0, 0.05) is 11.4 Å². The van der Waals surface area contributed by atoms with E-state index < -0.39 is 8.07 Å². The number of hydrogen-bond donors (Lipinski definition) is 0. The van der Waals surface area contributed by atoms with Crippen LogP contribution in [0.15, 0.2) is 66.7 Å². The Morgan fingerprint density at radius 2 is 1.27 bits per heavy atom. The summed E-state index contributed by atoms with van der Waals surface area (Å²) in [6.45, 7) is 7.62.